The molecule has 0 aliphatic heterocycles. The van der Waals surface area contributed by atoms with Gasteiger partial charge in [-0.2, -0.15) is 0 Å². The Bertz CT molecular complexity index is 855. The zero-order valence-corrected chi connectivity index (χ0v) is 12.5. The van der Waals surface area contributed by atoms with Crippen LogP contribution in [0.5, 0.6) is 0 Å². The van der Waals surface area contributed by atoms with E-state index in [2.05, 4.69) is 4.98 Å². The molecule has 0 radical (unpaired) electrons. The van der Waals surface area contributed by atoms with Gasteiger partial charge < -0.3 is 14.5 Å². The lowest BCUT2D eigenvalue weighted by Crippen LogP contribution is -2.15. The fourth-order valence-electron chi connectivity index (χ4n) is 2.30. The molecule has 0 fully saturated rings. The normalized spacial score (nSPS) is 12.0. The molecule has 0 aliphatic carbocycles. The minimum atomic E-state index is -0.885. The number of aromatic amines is 1. The van der Waals surface area contributed by atoms with Gasteiger partial charge in [0, 0.05) is 12.4 Å². The van der Waals surface area contributed by atoms with Crippen LogP contribution in [0.2, 0.25) is 5.02 Å². The lowest BCUT2D eigenvalue weighted by atomic mass is 9.97. The van der Waals surface area contributed by atoms with Crippen LogP contribution in [0.15, 0.2) is 47.5 Å². The molecule has 1 aromatic carbocycles. The Morgan fingerprint density at radius 2 is 1.86 bits per heavy atom. The van der Waals surface area contributed by atoms with E-state index in [9.17, 15) is 9.90 Å². The summed E-state index contributed by atoms with van der Waals surface area (Å²) >= 11 is 5.92. The van der Waals surface area contributed by atoms with Crippen molar-refractivity contribution in [2.75, 3.05) is 0 Å². The standard InChI is InChI=1S/C16H15ClN2O2/c1-16(2,21)11-5-3-10(4-6-11)13-9-19-8-12(17)7-14(19)15(20)18-13/h3-9,21H,1-2H3,(H,18,20). The van der Waals surface area contributed by atoms with E-state index in [1.165, 1.54) is 0 Å². The second-order valence-electron chi connectivity index (χ2n) is 5.58. The summed E-state index contributed by atoms with van der Waals surface area (Å²) < 4.78 is 1.71. The van der Waals surface area contributed by atoms with Crippen molar-refractivity contribution >= 4 is 17.1 Å². The average Bonchev–Trinajstić information content (AvgIpc) is 2.79. The van der Waals surface area contributed by atoms with E-state index < -0.39 is 5.60 Å². The van der Waals surface area contributed by atoms with Crippen molar-refractivity contribution in [3.8, 4) is 11.3 Å². The zero-order chi connectivity index (χ0) is 15.2. The molecule has 108 valence electrons. The van der Waals surface area contributed by atoms with Crippen LogP contribution in [0, 0.1) is 0 Å². The Morgan fingerprint density at radius 1 is 1.19 bits per heavy atom. The van der Waals surface area contributed by atoms with Crippen LogP contribution < -0.4 is 5.56 Å². The first-order valence-electron chi connectivity index (χ1n) is 6.58. The Morgan fingerprint density at radius 3 is 2.48 bits per heavy atom. The summed E-state index contributed by atoms with van der Waals surface area (Å²) in [4.78, 5) is 14.9. The summed E-state index contributed by atoms with van der Waals surface area (Å²) in [6.07, 6.45) is 3.52. The minimum absolute atomic E-state index is 0.189. The molecule has 0 spiro atoms. The highest BCUT2D eigenvalue weighted by atomic mass is 35.5. The van der Waals surface area contributed by atoms with Crippen molar-refractivity contribution < 1.29 is 5.11 Å². The second-order valence-corrected chi connectivity index (χ2v) is 6.02. The van der Waals surface area contributed by atoms with Gasteiger partial charge >= 0.3 is 0 Å². The molecule has 3 aromatic rings. The van der Waals surface area contributed by atoms with Crippen molar-refractivity contribution in [1.29, 1.82) is 0 Å². The first kappa shape index (κ1) is 13.9. The molecule has 0 aliphatic rings. The Labute approximate surface area is 126 Å². The predicted molar refractivity (Wildman–Crippen MR) is 83.7 cm³/mol. The van der Waals surface area contributed by atoms with Gasteiger partial charge in [-0.15, -0.1) is 0 Å². The van der Waals surface area contributed by atoms with Gasteiger partial charge in [-0.05, 0) is 31.0 Å². The molecular weight excluding hydrogens is 288 g/mol. The number of H-pyrrole nitrogens is 1. The monoisotopic (exact) mass is 302 g/mol. The number of aromatic nitrogens is 2. The van der Waals surface area contributed by atoms with Crippen LogP contribution in [-0.4, -0.2) is 14.5 Å². The third kappa shape index (κ3) is 2.60. The number of nitrogens with one attached hydrogen (secondary N) is 1. The molecule has 21 heavy (non-hydrogen) atoms. The highest BCUT2D eigenvalue weighted by Crippen LogP contribution is 2.24. The number of hydrogen-bond donors (Lipinski definition) is 2. The van der Waals surface area contributed by atoms with Crippen molar-refractivity contribution in [2.45, 2.75) is 19.4 Å². The molecule has 0 saturated heterocycles. The lowest BCUT2D eigenvalue weighted by molar-refractivity contribution is 0.0786. The Hall–Kier alpha value is -2.04. The molecule has 2 heterocycles. The molecule has 0 unspecified atom stereocenters. The molecule has 3 rings (SSSR count). The van der Waals surface area contributed by atoms with Gasteiger partial charge in [0.05, 0.1) is 16.3 Å². The van der Waals surface area contributed by atoms with Crippen molar-refractivity contribution in [1.82, 2.24) is 9.38 Å². The topological polar surface area (TPSA) is 57.5 Å². The highest BCUT2D eigenvalue weighted by Gasteiger charge is 2.15. The van der Waals surface area contributed by atoms with Gasteiger partial charge in [-0.3, -0.25) is 4.79 Å². The summed E-state index contributed by atoms with van der Waals surface area (Å²) in [5.74, 6) is 0. The minimum Gasteiger partial charge on any atom is -0.386 e. The number of aliphatic hydroxyl groups is 1. The quantitative estimate of drug-likeness (QED) is 0.764. The number of nitrogens with zero attached hydrogens (tertiary/aromatic N) is 1. The second kappa shape index (κ2) is 4.76. The van der Waals surface area contributed by atoms with E-state index in [1.54, 1.807) is 30.5 Å². The zero-order valence-electron chi connectivity index (χ0n) is 11.7. The summed E-state index contributed by atoms with van der Waals surface area (Å²) in [5, 5.41) is 10.5. The maximum Gasteiger partial charge on any atom is 0.272 e. The molecule has 2 aromatic heterocycles. The van der Waals surface area contributed by atoms with E-state index >= 15 is 0 Å². The Balaban J connectivity index is 2.10. The van der Waals surface area contributed by atoms with E-state index in [4.69, 9.17) is 11.6 Å². The van der Waals surface area contributed by atoms with Gasteiger partial charge in [0.1, 0.15) is 5.52 Å². The average molecular weight is 303 g/mol. The maximum absolute atomic E-state index is 12.0. The number of benzene rings is 1. The van der Waals surface area contributed by atoms with Crippen LogP contribution in [-0.2, 0) is 5.60 Å². The number of halogens is 1. The molecule has 0 bridgehead atoms. The van der Waals surface area contributed by atoms with Gasteiger partial charge in [-0.25, -0.2) is 0 Å². The van der Waals surface area contributed by atoms with Crippen LogP contribution in [0.3, 0.4) is 0 Å². The van der Waals surface area contributed by atoms with E-state index in [1.807, 2.05) is 30.5 Å². The molecule has 0 atom stereocenters. The van der Waals surface area contributed by atoms with Crippen molar-refractivity contribution in [2.24, 2.45) is 0 Å². The first-order chi connectivity index (χ1) is 9.84. The van der Waals surface area contributed by atoms with Gasteiger partial charge in [0.25, 0.3) is 5.56 Å². The number of fused-ring (bicyclic) bond motifs is 1. The number of hydrogen-bond acceptors (Lipinski definition) is 2. The Kier molecular flexibility index (Phi) is 3.15. The molecule has 0 saturated carbocycles. The fourth-order valence-corrected chi connectivity index (χ4v) is 2.50. The molecule has 5 heteroatoms. The summed E-state index contributed by atoms with van der Waals surface area (Å²) in [6, 6.07) is 9.06. The maximum atomic E-state index is 12.0. The van der Waals surface area contributed by atoms with Gasteiger partial charge in [-0.1, -0.05) is 35.9 Å². The fraction of sp³-hybridized carbons (Fsp3) is 0.188. The molecule has 0 amide bonds. The van der Waals surface area contributed by atoms with E-state index in [-0.39, 0.29) is 5.56 Å². The van der Waals surface area contributed by atoms with Crippen LogP contribution >= 0.6 is 11.6 Å². The molecular formula is C16H15ClN2O2. The van der Waals surface area contributed by atoms with E-state index in [0.717, 1.165) is 11.1 Å². The van der Waals surface area contributed by atoms with Crippen molar-refractivity contribution in [3.63, 3.8) is 0 Å². The lowest BCUT2D eigenvalue weighted by Gasteiger charge is -2.17. The smallest absolute Gasteiger partial charge is 0.272 e. The molecule has 2 N–H and O–H groups in total. The largest absolute Gasteiger partial charge is 0.386 e. The first-order valence-corrected chi connectivity index (χ1v) is 6.96. The van der Waals surface area contributed by atoms with Gasteiger partial charge in [0.15, 0.2) is 0 Å². The number of rotatable bonds is 2. The molecule has 4 nitrogen and oxygen atoms in total. The SMILES string of the molecule is CC(C)(O)c1ccc(-c2cn3cc(Cl)cc3c(=O)[nH]2)cc1. The highest BCUT2D eigenvalue weighted by molar-refractivity contribution is 6.31. The summed E-state index contributed by atoms with van der Waals surface area (Å²) in [5.41, 5.74) is 1.82. The van der Waals surface area contributed by atoms with Crippen LogP contribution in [0.25, 0.3) is 16.8 Å². The third-order valence-corrected chi connectivity index (χ3v) is 3.67. The van der Waals surface area contributed by atoms with Gasteiger partial charge in [0.2, 0.25) is 0 Å². The summed E-state index contributed by atoms with van der Waals surface area (Å²) in [7, 11) is 0. The van der Waals surface area contributed by atoms with Crippen molar-refractivity contribution in [3.05, 3.63) is 63.7 Å². The summed E-state index contributed by atoms with van der Waals surface area (Å²) in [6.45, 7) is 3.47. The third-order valence-electron chi connectivity index (χ3n) is 3.47. The van der Waals surface area contributed by atoms with Crippen LogP contribution in [0.4, 0.5) is 0 Å². The predicted octanol–water partition coefficient (Wildman–Crippen LogP) is 3.18. The van der Waals surface area contributed by atoms with Crippen LogP contribution in [0.1, 0.15) is 19.4 Å². The van der Waals surface area contributed by atoms with E-state index in [0.29, 0.717) is 16.2 Å².